The van der Waals surface area contributed by atoms with Gasteiger partial charge in [-0.25, -0.2) is 0 Å². The molecule has 0 aromatic heterocycles. The van der Waals surface area contributed by atoms with Crippen LogP contribution in [0.3, 0.4) is 0 Å². The molecule has 64 valence electrons. The fourth-order valence-corrected chi connectivity index (χ4v) is 2.15. The lowest BCUT2D eigenvalue weighted by Crippen LogP contribution is -2.43. The topological polar surface area (TPSA) is 78.9 Å². The van der Waals surface area contributed by atoms with Crippen molar-refractivity contribution in [1.82, 2.24) is 5.32 Å². The van der Waals surface area contributed by atoms with E-state index in [2.05, 4.69) is 11.4 Å². The summed E-state index contributed by atoms with van der Waals surface area (Å²) in [6.07, 6.45) is 2.35. The predicted molar refractivity (Wildman–Crippen MR) is 41.8 cm³/mol. The van der Waals surface area contributed by atoms with E-state index in [9.17, 15) is 4.79 Å². The van der Waals surface area contributed by atoms with E-state index >= 15 is 0 Å². The highest BCUT2D eigenvalue weighted by atomic mass is 16.1. The van der Waals surface area contributed by atoms with Gasteiger partial charge in [-0.05, 0) is 18.8 Å². The van der Waals surface area contributed by atoms with Gasteiger partial charge in [-0.1, -0.05) is 0 Å². The number of rotatable bonds is 2. The van der Waals surface area contributed by atoms with Crippen molar-refractivity contribution < 1.29 is 4.79 Å². The van der Waals surface area contributed by atoms with Gasteiger partial charge in [-0.2, -0.15) is 5.26 Å². The summed E-state index contributed by atoms with van der Waals surface area (Å²) < 4.78 is 0. The lowest BCUT2D eigenvalue weighted by molar-refractivity contribution is -0.120. The molecule has 3 unspecified atom stereocenters. The van der Waals surface area contributed by atoms with Crippen LogP contribution in [0.4, 0.5) is 0 Å². The van der Waals surface area contributed by atoms with Crippen LogP contribution in [0.1, 0.15) is 19.3 Å². The number of carbonyl (C=O) groups excluding carboxylic acids is 1. The van der Waals surface area contributed by atoms with Crippen molar-refractivity contribution in [3.63, 3.8) is 0 Å². The molecule has 1 amide bonds. The Morgan fingerprint density at radius 1 is 1.83 bits per heavy atom. The van der Waals surface area contributed by atoms with Crippen molar-refractivity contribution in [2.75, 3.05) is 0 Å². The summed E-state index contributed by atoms with van der Waals surface area (Å²) in [5.41, 5.74) is 5.10. The number of primary amides is 1. The zero-order chi connectivity index (χ0) is 8.77. The van der Waals surface area contributed by atoms with Gasteiger partial charge in [-0.3, -0.25) is 10.1 Å². The molecule has 1 saturated carbocycles. The maximum absolute atomic E-state index is 10.8. The Morgan fingerprint density at radius 2 is 2.58 bits per heavy atom. The molecule has 1 aliphatic carbocycles. The lowest BCUT2D eigenvalue weighted by Gasteiger charge is -2.13. The second-order valence-corrected chi connectivity index (χ2v) is 3.73. The summed E-state index contributed by atoms with van der Waals surface area (Å²) in [6, 6.07) is 1.94. The second kappa shape index (κ2) is 2.20. The first kappa shape index (κ1) is 7.56. The van der Waals surface area contributed by atoms with E-state index in [1.165, 1.54) is 0 Å². The molecule has 3 atom stereocenters. The van der Waals surface area contributed by atoms with E-state index in [-0.39, 0.29) is 17.5 Å². The van der Waals surface area contributed by atoms with Crippen LogP contribution in [-0.2, 0) is 4.79 Å². The SMILES string of the molecule is N#CCC12CC1CC(C(N)=O)N2. The van der Waals surface area contributed by atoms with Gasteiger partial charge in [0.15, 0.2) is 0 Å². The Balaban J connectivity index is 2.02. The maximum atomic E-state index is 10.8. The first-order valence-electron chi connectivity index (χ1n) is 4.12. The molecule has 4 heteroatoms. The number of nitrogens with zero attached hydrogens (tertiary/aromatic N) is 1. The molecule has 12 heavy (non-hydrogen) atoms. The van der Waals surface area contributed by atoms with Gasteiger partial charge in [0.2, 0.25) is 5.91 Å². The van der Waals surface area contributed by atoms with Crippen LogP contribution in [0.25, 0.3) is 0 Å². The Labute approximate surface area is 70.7 Å². The largest absolute Gasteiger partial charge is 0.368 e. The Hall–Kier alpha value is -1.08. The second-order valence-electron chi connectivity index (χ2n) is 3.73. The fourth-order valence-electron chi connectivity index (χ4n) is 2.15. The molecule has 4 nitrogen and oxygen atoms in total. The van der Waals surface area contributed by atoms with Crippen LogP contribution in [-0.4, -0.2) is 17.5 Å². The zero-order valence-corrected chi connectivity index (χ0v) is 6.71. The zero-order valence-electron chi connectivity index (χ0n) is 6.71. The van der Waals surface area contributed by atoms with Gasteiger partial charge in [0.25, 0.3) is 0 Å². The number of fused-ring (bicyclic) bond motifs is 1. The van der Waals surface area contributed by atoms with Crippen molar-refractivity contribution in [1.29, 1.82) is 5.26 Å². The van der Waals surface area contributed by atoms with E-state index in [1.807, 2.05) is 0 Å². The monoisotopic (exact) mass is 165 g/mol. The Morgan fingerprint density at radius 3 is 3.08 bits per heavy atom. The Bertz CT molecular complexity index is 270. The number of nitriles is 1. The van der Waals surface area contributed by atoms with Crippen molar-refractivity contribution in [3.05, 3.63) is 0 Å². The third kappa shape index (κ3) is 0.901. The van der Waals surface area contributed by atoms with E-state index in [1.54, 1.807) is 0 Å². The summed E-state index contributed by atoms with van der Waals surface area (Å²) in [4.78, 5) is 10.8. The van der Waals surface area contributed by atoms with Gasteiger partial charge >= 0.3 is 0 Å². The Kier molecular flexibility index (Phi) is 1.39. The number of amides is 1. The molecular formula is C8H11N3O. The average Bonchev–Trinajstić information content (AvgIpc) is 2.54. The molecule has 2 fully saturated rings. The van der Waals surface area contributed by atoms with Gasteiger partial charge in [0, 0.05) is 5.54 Å². The third-order valence-corrected chi connectivity index (χ3v) is 2.95. The molecule has 0 aromatic carbocycles. The highest BCUT2D eigenvalue weighted by Crippen LogP contribution is 2.53. The molecule has 1 saturated heterocycles. The standard InChI is InChI=1S/C8H11N3O/c9-2-1-8-4-5(8)3-6(11-8)7(10)12/h5-6,11H,1,3-4H2,(H2,10,12). The molecule has 0 aromatic rings. The minimum atomic E-state index is -0.292. The average molecular weight is 165 g/mol. The van der Waals surface area contributed by atoms with Gasteiger partial charge in [0.05, 0.1) is 18.5 Å². The van der Waals surface area contributed by atoms with Gasteiger partial charge < -0.3 is 5.73 Å². The summed E-state index contributed by atoms with van der Waals surface area (Å²) in [6.45, 7) is 0. The van der Waals surface area contributed by atoms with Crippen LogP contribution < -0.4 is 11.1 Å². The van der Waals surface area contributed by atoms with Gasteiger partial charge in [0.1, 0.15) is 0 Å². The third-order valence-electron chi connectivity index (χ3n) is 2.95. The summed E-state index contributed by atoms with van der Waals surface area (Å²) >= 11 is 0. The smallest absolute Gasteiger partial charge is 0.234 e. The molecule has 1 heterocycles. The highest BCUT2D eigenvalue weighted by Gasteiger charge is 2.60. The summed E-state index contributed by atoms with van der Waals surface area (Å²) in [5, 5.41) is 11.7. The maximum Gasteiger partial charge on any atom is 0.234 e. The van der Waals surface area contributed by atoms with E-state index in [0.717, 1.165) is 12.8 Å². The van der Waals surface area contributed by atoms with Crippen LogP contribution in [0.15, 0.2) is 0 Å². The minimum absolute atomic E-state index is 0.0472. The lowest BCUT2D eigenvalue weighted by atomic mass is 10.1. The summed E-state index contributed by atoms with van der Waals surface area (Å²) in [7, 11) is 0. The van der Waals surface area contributed by atoms with Crippen molar-refractivity contribution >= 4 is 5.91 Å². The normalized spacial score (nSPS) is 43.2. The molecular weight excluding hydrogens is 154 g/mol. The van der Waals surface area contributed by atoms with Crippen molar-refractivity contribution in [3.8, 4) is 6.07 Å². The number of nitrogens with two attached hydrogens (primary N) is 1. The van der Waals surface area contributed by atoms with Crippen LogP contribution in [0.2, 0.25) is 0 Å². The molecule has 0 bridgehead atoms. The highest BCUT2D eigenvalue weighted by molar-refractivity contribution is 5.80. The number of nitrogens with one attached hydrogen (secondary N) is 1. The van der Waals surface area contributed by atoms with E-state index in [0.29, 0.717) is 12.3 Å². The van der Waals surface area contributed by atoms with Gasteiger partial charge in [-0.15, -0.1) is 0 Å². The van der Waals surface area contributed by atoms with Crippen LogP contribution in [0, 0.1) is 17.2 Å². The number of piperidine rings is 1. The number of carbonyl (C=O) groups is 1. The molecule has 0 spiro atoms. The molecule has 2 aliphatic rings. The first-order valence-corrected chi connectivity index (χ1v) is 4.12. The molecule has 3 N–H and O–H groups in total. The summed E-state index contributed by atoms with van der Waals surface area (Å²) in [5.74, 6) is 0.217. The van der Waals surface area contributed by atoms with Crippen molar-refractivity contribution in [2.45, 2.75) is 30.8 Å². The minimum Gasteiger partial charge on any atom is -0.368 e. The molecule has 2 rings (SSSR count). The van der Waals surface area contributed by atoms with Crippen molar-refractivity contribution in [2.24, 2.45) is 11.7 Å². The predicted octanol–water partition coefficient (Wildman–Crippen LogP) is -0.494. The fraction of sp³-hybridized carbons (Fsp3) is 0.750. The van der Waals surface area contributed by atoms with Crippen LogP contribution >= 0.6 is 0 Å². The van der Waals surface area contributed by atoms with E-state index in [4.69, 9.17) is 11.0 Å². The number of hydrogen-bond donors (Lipinski definition) is 2. The first-order chi connectivity index (χ1) is 5.68. The van der Waals surface area contributed by atoms with Crippen LogP contribution in [0.5, 0.6) is 0 Å². The molecule has 1 aliphatic heterocycles. The van der Waals surface area contributed by atoms with E-state index < -0.39 is 0 Å². The number of hydrogen-bond acceptors (Lipinski definition) is 3. The molecule has 0 radical (unpaired) electrons. The quantitative estimate of drug-likeness (QED) is 0.579.